The predicted molar refractivity (Wildman–Crippen MR) is 115 cm³/mol. The van der Waals surface area contributed by atoms with Crippen LogP contribution >= 0.6 is 15.9 Å². The highest BCUT2D eigenvalue weighted by atomic mass is 79.9. The van der Waals surface area contributed by atoms with Gasteiger partial charge in [0.1, 0.15) is 11.6 Å². The molecule has 1 aromatic heterocycles. The summed E-state index contributed by atoms with van der Waals surface area (Å²) in [6.07, 6.45) is 0. The van der Waals surface area contributed by atoms with E-state index in [-0.39, 0.29) is 18.3 Å². The molecule has 0 unspecified atom stereocenters. The van der Waals surface area contributed by atoms with Crippen LogP contribution in [-0.4, -0.2) is 58.5 Å². The first-order valence-corrected chi connectivity index (χ1v) is 10.4. The number of nitrogens with zero attached hydrogens (tertiary/aromatic N) is 4. The molecule has 1 amide bonds. The minimum absolute atomic E-state index is 0.0660. The number of amides is 1. The van der Waals surface area contributed by atoms with E-state index >= 15 is 0 Å². The van der Waals surface area contributed by atoms with Gasteiger partial charge in [-0.15, -0.1) is 0 Å². The van der Waals surface area contributed by atoms with Gasteiger partial charge in [0.25, 0.3) is 5.91 Å². The van der Waals surface area contributed by atoms with Crippen LogP contribution in [0.15, 0.2) is 46.9 Å². The second kappa shape index (κ2) is 8.93. The lowest BCUT2D eigenvalue weighted by atomic mass is 10.2. The van der Waals surface area contributed by atoms with Crippen LogP contribution in [0, 0.1) is 5.82 Å². The topological polar surface area (TPSA) is 84.6 Å². The fourth-order valence-corrected chi connectivity index (χ4v) is 3.73. The second-order valence-corrected chi connectivity index (χ2v) is 7.98. The largest absolute Gasteiger partial charge is 0.481 e. The zero-order chi connectivity index (χ0) is 21.1. The molecule has 0 saturated carbocycles. The van der Waals surface area contributed by atoms with Crippen LogP contribution in [0.25, 0.3) is 10.9 Å². The zero-order valence-corrected chi connectivity index (χ0v) is 17.8. The minimum atomic E-state index is -0.503. The van der Waals surface area contributed by atoms with Crippen LogP contribution in [0.2, 0.25) is 0 Å². The van der Waals surface area contributed by atoms with Gasteiger partial charge < -0.3 is 15.4 Å². The van der Waals surface area contributed by atoms with Crippen LogP contribution in [-0.2, 0) is 11.3 Å². The fourth-order valence-electron chi connectivity index (χ4n) is 3.40. The van der Waals surface area contributed by atoms with Gasteiger partial charge in [-0.2, -0.15) is 0 Å². The number of piperazine rings is 1. The Morgan fingerprint density at radius 1 is 1.13 bits per heavy atom. The van der Waals surface area contributed by atoms with Crippen LogP contribution in [0.3, 0.4) is 0 Å². The van der Waals surface area contributed by atoms with Gasteiger partial charge >= 0.3 is 0 Å². The van der Waals surface area contributed by atoms with Crippen LogP contribution in [0.4, 0.5) is 10.2 Å². The highest BCUT2D eigenvalue weighted by molar-refractivity contribution is 9.10. The number of anilines is 1. The summed E-state index contributed by atoms with van der Waals surface area (Å²) in [4.78, 5) is 25.3. The molecule has 0 radical (unpaired) electrons. The third-order valence-electron chi connectivity index (χ3n) is 5.01. The third-order valence-corrected chi connectivity index (χ3v) is 5.51. The molecule has 0 bridgehead atoms. The Kier molecular flexibility index (Phi) is 6.10. The molecular formula is C21H21BrFN5O2. The van der Waals surface area contributed by atoms with Gasteiger partial charge in [-0.05, 0) is 30.3 Å². The molecule has 9 heteroatoms. The Bertz CT molecular complexity index is 1070. The molecule has 2 N–H and O–H groups in total. The Balaban J connectivity index is 1.30. The molecule has 0 atom stereocenters. The smallest absolute Gasteiger partial charge is 0.260 e. The summed E-state index contributed by atoms with van der Waals surface area (Å²) in [5.74, 6) is 0.540. The standard InChI is InChI=1S/C21H21BrFN5O2/c22-14-5-6-18(16(23)11-14)30-13-20(29)28-9-7-27(8-10-28)12-19-25-17-4-2-1-3-15(17)21(24)26-19/h1-6,11H,7-10,12-13H2,(H2,24,25,26). The number of nitrogens with two attached hydrogens (primary N) is 1. The number of hydrogen-bond donors (Lipinski definition) is 1. The number of carbonyl (C=O) groups excluding carboxylic acids is 1. The molecule has 1 aliphatic rings. The number of ether oxygens (including phenoxy) is 1. The van der Waals surface area contributed by atoms with Gasteiger partial charge in [0.05, 0.1) is 12.1 Å². The van der Waals surface area contributed by atoms with Crippen molar-refractivity contribution in [1.29, 1.82) is 0 Å². The van der Waals surface area contributed by atoms with Gasteiger partial charge in [0.15, 0.2) is 18.2 Å². The summed E-state index contributed by atoms with van der Waals surface area (Å²) in [5, 5.41) is 0.846. The number of carbonyl (C=O) groups is 1. The van der Waals surface area contributed by atoms with Gasteiger partial charge in [-0.1, -0.05) is 28.1 Å². The van der Waals surface area contributed by atoms with Crippen molar-refractivity contribution in [2.45, 2.75) is 6.54 Å². The fraction of sp³-hybridized carbons (Fsp3) is 0.286. The summed E-state index contributed by atoms with van der Waals surface area (Å²) in [6, 6.07) is 12.1. The Morgan fingerprint density at radius 3 is 2.67 bits per heavy atom. The van der Waals surface area contributed by atoms with Crippen molar-refractivity contribution in [3.8, 4) is 5.75 Å². The molecule has 1 aliphatic heterocycles. The first-order valence-electron chi connectivity index (χ1n) is 9.59. The molecule has 0 spiro atoms. The summed E-state index contributed by atoms with van der Waals surface area (Å²) in [7, 11) is 0. The monoisotopic (exact) mass is 473 g/mol. The molecule has 30 heavy (non-hydrogen) atoms. The number of fused-ring (bicyclic) bond motifs is 1. The average molecular weight is 474 g/mol. The molecule has 1 fully saturated rings. The molecule has 2 aromatic carbocycles. The van der Waals surface area contributed by atoms with Crippen LogP contribution < -0.4 is 10.5 Å². The SMILES string of the molecule is Nc1nc(CN2CCN(C(=O)COc3ccc(Br)cc3F)CC2)nc2ccccc12. The lowest BCUT2D eigenvalue weighted by Gasteiger charge is -2.34. The first-order chi connectivity index (χ1) is 14.5. The molecule has 0 aliphatic carbocycles. The molecule has 156 valence electrons. The maximum Gasteiger partial charge on any atom is 0.260 e. The van der Waals surface area contributed by atoms with Crippen molar-refractivity contribution in [3.63, 3.8) is 0 Å². The number of aromatic nitrogens is 2. The molecule has 7 nitrogen and oxygen atoms in total. The Labute approximate surface area is 181 Å². The summed E-state index contributed by atoms with van der Waals surface area (Å²) in [6.45, 7) is 2.88. The first kappa shape index (κ1) is 20.5. The van der Waals surface area contributed by atoms with E-state index < -0.39 is 5.82 Å². The lowest BCUT2D eigenvalue weighted by molar-refractivity contribution is -0.135. The van der Waals surface area contributed by atoms with Gasteiger partial charge in [0.2, 0.25) is 0 Å². The quantitative estimate of drug-likeness (QED) is 0.613. The Morgan fingerprint density at radius 2 is 1.90 bits per heavy atom. The zero-order valence-electron chi connectivity index (χ0n) is 16.2. The predicted octanol–water partition coefficient (Wildman–Crippen LogP) is 2.84. The molecular weight excluding hydrogens is 453 g/mol. The van der Waals surface area contributed by atoms with Crippen molar-refractivity contribution >= 4 is 38.6 Å². The van der Waals surface area contributed by atoms with E-state index in [0.717, 1.165) is 10.9 Å². The van der Waals surface area contributed by atoms with Crippen molar-refractivity contribution in [1.82, 2.24) is 19.8 Å². The van der Waals surface area contributed by atoms with E-state index in [1.165, 1.54) is 12.1 Å². The van der Waals surface area contributed by atoms with E-state index in [1.54, 1.807) is 11.0 Å². The van der Waals surface area contributed by atoms with Gasteiger partial charge in [-0.3, -0.25) is 9.69 Å². The number of hydrogen-bond acceptors (Lipinski definition) is 6. The molecule has 2 heterocycles. The average Bonchev–Trinajstić information content (AvgIpc) is 2.73. The van der Waals surface area contributed by atoms with E-state index in [4.69, 9.17) is 10.5 Å². The normalized spacial score (nSPS) is 14.8. The van der Waals surface area contributed by atoms with Crippen molar-refractivity contribution in [2.24, 2.45) is 0 Å². The minimum Gasteiger partial charge on any atom is -0.481 e. The van der Waals surface area contributed by atoms with Crippen LogP contribution in [0.1, 0.15) is 5.82 Å². The van der Waals surface area contributed by atoms with Crippen molar-refractivity contribution < 1.29 is 13.9 Å². The molecule has 4 rings (SSSR count). The third kappa shape index (κ3) is 4.68. The lowest BCUT2D eigenvalue weighted by Crippen LogP contribution is -2.49. The summed E-state index contributed by atoms with van der Waals surface area (Å²) in [5.41, 5.74) is 6.88. The van der Waals surface area contributed by atoms with Crippen molar-refractivity contribution in [3.05, 3.63) is 58.6 Å². The van der Waals surface area contributed by atoms with Crippen LogP contribution in [0.5, 0.6) is 5.75 Å². The van der Waals surface area contributed by atoms with Gasteiger partial charge in [-0.25, -0.2) is 14.4 Å². The second-order valence-electron chi connectivity index (χ2n) is 7.06. The maximum absolute atomic E-state index is 13.8. The number of halogens is 2. The van der Waals surface area contributed by atoms with Crippen molar-refractivity contribution in [2.75, 3.05) is 38.5 Å². The Hall–Kier alpha value is -2.78. The maximum atomic E-state index is 13.8. The number of benzene rings is 2. The van der Waals surface area contributed by atoms with E-state index in [9.17, 15) is 9.18 Å². The summed E-state index contributed by atoms with van der Waals surface area (Å²) < 4.78 is 19.8. The number of para-hydroxylation sites is 1. The summed E-state index contributed by atoms with van der Waals surface area (Å²) >= 11 is 3.19. The highest BCUT2D eigenvalue weighted by Crippen LogP contribution is 2.22. The number of nitrogen functional groups attached to an aromatic ring is 1. The van der Waals surface area contributed by atoms with E-state index in [2.05, 4.69) is 30.8 Å². The molecule has 1 saturated heterocycles. The highest BCUT2D eigenvalue weighted by Gasteiger charge is 2.22. The van der Waals surface area contributed by atoms with E-state index in [0.29, 0.717) is 48.8 Å². The van der Waals surface area contributed by atoms with Gasteiger partial charge in [0, 0.05) is 36.0 Å². The number of rotatable bonds is 5. The molecule has 3 aromatic rings. The van der Waals surface area contributed by atoms with E-state index in [1.807, 2.05) is 24.3 Å².